The molecule has 0 N–H and O–H groups in total. The molecule has 152 valence electrons. The van der Waals surface area contributed by atoms with E-state index in [9.17, 15) is 13.2 Å². The molecule has 6 nitrogen and oxygen atoms in total. The fourth-order valence-corrected chi connectivity index (χ4v) is 7.63. The van der Waals surface area contributed by atoms with Gasteiger partial charge in [0.15, 0.2) is 15.0 Å². The first-order chi connectivity index (χ1) is 13.9. The van der Waals surface area contributed by atoms with Gasteiger partial charge >= 0.3 is 0 Å². The first kappa shape index (κ1) is 20.0. The quantitative estimate of drug-likeness (QED) is 0.743. The molecule has 0 unspecified atom stereocenters. The van der Waals surface area contributed by atoms with Crippen LogP contribution in [0.4, 0.5) is 5.69 Å². The number of carbonyl (C=O) groups is 1. The van der Waals surface area contributed by atoms with Crippen LogP contribution in [0.15, 0.2) is 53.5 Å². The monoisotopic (exact) mass is 430 g/mol. The highest BCUT2D eigenvalue weighted by molar-refractivity contribution is 8.16. The van der Waals surface area contributed by atoms with Gasteiger partial charge in [-0.3, -0.25) is 4.79 Å². The molecule has 0 spiro atoms. The van der Waals surface area contributed by atoms with Crippen LogP contribution in [-0.2, 0) is 21.1 Å². The second-order valence-electron chi connectivity index (χ2n) is 7.29. The summed E-state index contributed by atoms with van der Waals surface area (Å²) in [5, 5.41) is 0.396. The molecule has 2 fully saturated rings. The summed E-state index contributed by atoms with van der Waals surface area (Å²) in [7, 11) is -1.54. The number of amides is 1. The van der Waals surface area contributed by atoms with Crippen molar-refractivity contribution >= 4 is 38.4 Å². The van der Waals surface area contributed by atoms with E-state index in [0.29, 0.717) is 10.9 Å². The number of hydrogen-bond donors (Lipinski definition) is 0. The van der Waals surface area contributed by atoms with E-state index in [-0.39, 0.29) is 35.1 Å². The van der Waals surface area contributed by atoms with E-state index in [1.807, 2.05) is 60.4 Å². The predicted molar refractivity (Wildman–Crippen MR) is 117 cm³/mol. The van der Waals surface area contributed by atoms with E-state index in [0.717, 1.165) is 16.8 Å². The average Bonchev–Trinajstić information content (AvgIpc) is 3.14. The van der Waals surface area contributed by atoms with Gasteiger partial charge in [-0.05, 0) is 24.6 Å². The van der Waals surface area contributed by atoms with Crippen LogP contribution in [-0.4, -0.2) is 49.4 Å². The molecular weight excluding hydrogens is 408 g/mol. The van der Waals surface area contributed by atoms with Crippen LogP contribution in [0.1, 0.15) is 11.1 Å². The Morgan fingerprint density at radius 3 is 2.62 bits per heavy atom. The minimum absolute atomic E-state index is 0.0495. The molecule has 0 bridgehead atoms. The van der Waals surface area contributed by atoms with Crippen LogP contribution in [0.3, 0.4) is 0 Å². The number of benzene rings is 2. The Kier molecular flexibility index (Phi) is 5.40. The Labute approximate surface area is 174 Å². The second-order valence-corrected chi connectivity index (χ2v) is 10.7. The first-order valence-electron chi connectivity index (χ1n) is 9.33. The van der Waals surface area contributed by atoms with Gasteiger partial charge < -0.3 is 9.64 Å². The summed E-state index contributed by atoms with van der Waals surface area (Å²) in [5.74, 6) is 0.517. The van der Waals surface area contributed by atoms with Crippen LogP contribution >= 0.6 is 11.8 Å². The molecule has 8 heteroatoms. The zero-order chi connectivity index (χ0) is 20.6. The summed E-state index contributed by atoms with van der Waals surface area (Å²) >= 11 is 1.37. The third-order valence-electron chi connectivity index (χ3n) is 5.11. The second kappa shape index (κ2) is 7.84. The highest BCUT2D eigenvalue weighted by atomic mass is 32.2. The lowest BCUT2D eigenvalue weighted by Crippen LogP contribution is -2.38. The molecule has 2 aromatic carbocycles. The number of thioether (sulfide) groups is 1. The number of methoxy groups -OCH3 is 1. The van der Waals surface area contributed by atoms with Crippen LogP contribution in [0.2, 0.25) is 0 Å². The van der Waals surface area contributed by atoms with Gasteiger partial charge in [0.25, 0.3) is 5.91 Å². The van der Waals surface area contributed by atoms with Gasteiger partial charge in [0.05, 0.1) is 36.8 Å². The van der Waals surface area contributed by atoms with Crippen molar-refractivity contribution in [2.45, 2.75) is 24.6 Å². The Balaban J connectivity index is 1.66. The van der Waals surface area contributed by atoms with Gasteiger partial charge in [-0.25, -0.2) is 8.42 Å². The highest BCUT2D eigenvalue weighted by Gasteiger charge is 2.50. The van der Waals surface area contributed by atoms with Crippen molar-refractivity contribution < 1.29 is 17.9 Å². The maximum Gasteiger partial charge on any atom is 0.252 e. The van der Waals surface area contributed by atoms with Crippen molar-refractivity contribution in [3.8, 4) is 5.75 Å². The maximum atomic E-state index is 12.7. The number of rotatable bonds is 4. The van der Waals surface area contributed by atoms with Gasteiger partial charge in [0, 0.05) is 5.25 Å². The van der Waals surface area contributed by atoms with Gasteiger partial charge in [-0.15, -0.1) is 0 Å². The lowest BCUT2D eigenvalue weighted by Gasteiger charge is -2.26. The maximum absolute atomic E-state index is 12.7. The van der Waals surface area contributed by atoms with Gasteiger partial charge in [-0.2, -0.15) is 4.99 Å². The van der Waals surface area contributed by atoms with Crippen LogP contribution in [0.5, 0.6) is 5.75 Å². The molecule has 0 aromatic heterocycles. The molecule has 29 heavy (non-hydrogen) atoms. The summed E-state index contributed by atoms with van der Waals surface area (Å²) < 4.78 is 29.9. The summed E-state index contributed by atoms with van der Waals surface area (Å²) in [6.07, 6.45) is 0.206. The Morgan fingerprint density at radius 2 is 1.90 bits per heavy atom. The smallest absolute Gasteiger partial charge is 0.252 e. The molecule has 0 saturated carbocycles. The first-order valence-corrected chi connectivity index (χ1v) is 12.0. The summed E-state index contributed by atoms with van der Waals surface area (Å²) in [6.45, 7) is 2.00. The van der Waals surface area contributed by atoms with Crippen molar-refractivity contribution in [2.75, 3.05) is 23.5 Å². The topological polar surface area (TPSA) is 76.0 Å². The molecule has 0 aliphatic carbocycles. The number of hydrogen-bond acceptors (Lipinski definition) is 5. The van der Waals surface area contributed by atoms with Gasteiger partial charge in [-0.1, -0.05) is 53.7 Å². The summed E-state index contributed by atoms with van der Waals surface area (Å²) in [4.78, 5) is 18.9. The van der Waals surface area contributed by atoms with E-state index in [4.69, 9.17) is 4.74 Å². The van der Waals surface area contributed by atoms with Crippen molar-refractivity contribution in [2.24, 2.45) is 4.99 Å². The lowest BCUT2D eigenvalue weighted by molar-refractivity contribution is -0.117. The number of anilines is 1. The largest absolute Gasteiger partial charge is 0.495 e. The summed E-state index contributed by atoms with van der Waals surface area (Å²) in [6, 6.07) is 14.9. The van der Waals surface area contributed by atoms with Crippen molar-refractivity contribution in [3.05, 3.63) is 59.7 Å². The molecule has 2 heterocycles. The predicted octanol–water partition coefficient (Wildman–Crippen LogP) is 2.85. The normalized spacial score (nSPS) is 23.9. The van der Waals surface area contributed by atoms with E-state index in [1.54, 1.807) is 7.11 Å². The fraction of sp³-hybridized carbons (Fsp3) is 0.333. The Morgan fingerprint density at radius 1 is 1.17 bits per heavy atom. The molecule has 4 rings (SSSR count). The van der Waals surface area contributed by atoms with E-state index in [1.165, 1.54) is 11.8 Å². The Bertz CT molecular complexity index is 1060. The highest BCUT2D eigenvalue weighted by Crippen LogP contribution is 2.43. The van der Waals surface area contributed by atoms with Crippen molar-refractivity contribution in [1.82, 2.24) is 0 Å². The number of aryl methyl sites for hydroxylation is 1. The molecular formula is C21H22N2O4S2. The third kappa shape index (κ3) is 4.18. The number of fused-ring (bicyclic) bond motifs is 1. The standard InChI is InChI=1S/C21H22N2O4S2/c1-14-7-9-15(10-8-14)11-20(24)22-21-23(16-5-3-4-6-18(16)27-2)17-12-29(25,26)13-19(17)28-21/h3-10,17,19H,11-13H2,1-2H3/t17-,19+/m0/s1. The van der Waals surface area contributed by atoms with Gasteiger partial charge in [0.2, 0.25) is 0 Å². The lowest BCUT2D eigenvalue weighted by atomic mass is 10.1. The molecule has 2 saturated heterocycles. The zero-order valence-corrected chi connectivity index (χ0v) is 17.9. The van der Waals surface area contributed by atoms with Crippen LogP contribution < -0.4 is 9.64 Å². The minimum Gasteiger partial charge on any atom is -0.495 e. The van der Waals surface area contributed by atoms with Crippen molar-refractivity contribution in [1.29, 1.82) is 0 Å². The minimum atomic E-state index is -3.11. The number of carbonyl (C=O) groups excluding carboxylic acids is 1. The molecule has 0 radical (unpaired) electrons. The van der Waals surface area contributed by atoms with Crippen LogP contribution in [0.25, 0.3) is 0 Å². The van der Waals surface area contributed by atoms with E-state index in [2.05, 4.69) is 4.99 Å². The number of amidine groups is 1. The summed E-state index contributed by atoms with van der Waals surface area (Å²) in [5.41, 5.74) is 2.77. The number of para-hydroxylation sites is 2. The van der Waals surface area contributed by atoms with E-state index < -0.39 is 9.84 Å². The van der Waals surface area contributed by atoms with Gasteiger partial charge in [0.1, 0.15) is 5.75 Å². The average molecular weight is 431 g/mol. The SMILES string of the molecule is COc1ccccc1N1C(=NC(=O)Cc2ccc(C)cc2)S[C@@H]2CS(=O)(=O)C[C@@H]21. The fourth-order valence-electron chi connectivity index (χ4n) is 3.70. The zero-order valence-electron chi connectivity index (χ0n) is 16.2. The number of aliphatic imine (C=N–C) groups is 1. The molecule has 2 aliphatic rings. The molecule has 1 amide bonds. The molecule has 2 aliphatic heterocycles. The Hall–Kier alpha value is -2.32. The third-order valence-corrected chi connectivity index (χ3v) is 8.32. The van der Waals surface area contributed by atoms with Crippen molar-refractivity contribution in [3.63, 3.8) is 0 Å². The number of nitrogens with zero attached hydrogens (tertiary/aromatic N) is 2. The molecule has 2 aromatic rings. The number of sulfone groups is 1. The van der Waals surface area contributed by atoms with Crippen LogP contribution in [0, 0.1) is 6.92 Å². The van der Waals surface area contributed by atoms with E-state index >= 15 is 0 Å². The number of ether oxygens (including phenoxy) is 1. The molecule has 2 atom stereocenters.